The van der Waals surface area contributed by atoms with E-state index in [0.717, 1.165) is 12.5 Å². The molecule has 1 unspecified atom stereocenters. The Morgan fingerprint density at radius 3 is 2.61 bits per heavy atom. The Hall–Kier alpha value is -0.860. The van der Waals surface area contributed by atoms with Gasteiger partial charge in [0.15, 0.2) is 0 Å². The van der Waals surface area contributed by atoms with Crippen molar-refractivity contribution in [3.8, 4) is 0 Å². The van der Waals surface area contributed by atoms with Crippen LogP contribution < -0.4 is 5.73 Å². The van der Waals surface area contributed by atoms with Gasteiger partial charge in [-0.2, -0.15) is 0 Å². The number of aryl methyl sites for hydroxylation is 2. The van der Waals surface area contributed by atoms with Crippen molar-refractivity contribution in [2.75, 3.05) is 19.6 Å². The molecule has 18 heavy (non-hydrogen) atoms. The minimum absolute atomic E-state index is 0.151. The third-order valence-electron chi connectivity index (χ3n) is 4.17. The van der Waals surface area contributed by atoms with E-state index in [0.29, 0.717) is 0 Å². The zero-order valence-corrected chi connectivity index (χ0v) is 11.9. The molecule has 0 radical (unpaired) electrons. The minimum Gasteiger partial charge on any atom is -0.323 e. The highest BCUT2D eigenvalue weighted by molar-refractivity contribution is 5.33. The highest BCUT2D eigenvalue weighted by Gasteiger charge is 2.19. The van der Waals surface area contributed by atoms with E-state index in [1.54, 1.807) is 0 Å². The lowest BCUT2D eigenvalue weighted by Crippen LogP contribution is -2.38. The van der Waals surface area contributed by atoms with E-state index in [1.165, 1.54) is 42.6 Å². The summed E-state index contributed by atoms with van der Waals surface area (Å²) in [5.41, 5.74) is 10.3. The van der Waals surface area contributed by atoms with Gasteiger partial charge in [-0.25, -0.2) is 0 Å². The molecule has 2 nitrogen and oxygen atoms in total. The van der Waals surface area contributed by atoms with E-state index in [-0.39, 0.29) is 6.04 Å². The first-order valence-corrected chi connectivity index (χ1v) is 7.11. The lowest BCUT2D eigenvalue weighted by Gasteiger charge is -2.32. The maximum Gasteiger partial charge on any atom is 0.0427 e. The summed E-state index contributed by atoms with van der Waals surface area (Å²) in [6, 6.07) is 6.74. The number of nitrogens with zero attached hydrogens (tertiary/aromatic N) is 1. The van der Waals surface area contributed by atoms with Crippen LogP contribution in [0.2, 0.25) is 0 Å². The Labute approximate surface area is 111 Å². The van der Waals surface area contributed by atoms with Crippen molar-refractivity contribution < 1.29 is 0 Å². The van der Waals surface area contributed by atoms with Gasteiger partial charge in [-0.3, -0.25) is 0 Å². The quantitative estimate of drug-likeness (QED) is 0.888. The van der Waals surface area contributed by atoms with Gasteiger partial charge in [-0.05, 0) is 56.8 Å². The fourth-order valence-corrected chi connectivity index (χ4v) is 2.78. The van der Waals surface area contributed by atoms with E-state index in [1.807, 2.05) is 0 Å². The van der Waals surface area contributed by atoms with Gasteiger partial charge >= 0.3 is 0 Å². The summed E-state index contributed by atoms with van der Waals surface area (Å²) in [4.78, 5) is 2.52. The van der Waals surface area contributed by atoms with Crippen LogP contribution in [0.25, 0.3) is 0 Å². The second-order valence-electron chi connectivity index (χ2n) is 5.95. The molecule has 1 aliphatic rings. The molecular weight excluding hydrogens is 220 g/mol. The average molecular weight is 246 g/mol. The van der Waals surface area contributed by atoms with Crippen molar-refractivity contribution in [1.82, 2.24) is 4.90 Å². The van der Waals surface area contributed by atoms with Gasteiger partial charge in [0.25, 0.3) is 0 Å². The largest absolute Gasteiger partial charge is 0.323 e. The van der Waals surface area contributed by atoms with Crippen molar-refractivity contribution in [3.63, 3.8) is 0 Å². The lowest BCUT2D eigenvalue weighted by atomic mass is 9.96. The SMILES string of the molecule is Cc1ccc(C)c(C(N)CN2CCC(C)CC2)c1. The van der Waals surface area contributed by atoms with Crippen LogP contribution in [0.5, 0.6) is 0 Å². The van der Waals surface area contributed by atoms with Crippen LogP contribution in [0.1, 0.15) is 42.5 Å². The molecule has 2 N–H and O–H groups in total. The van der Waals surface area contributed by atoms with Gasteiger partial charge < -0.3 is 10.6 Å². The highest BCUT2D eigenvalue weighted by atomic mass is 15.1. The van der Waals surface area contributed by atoms with E-state index in [4.69, 9.17) is 5.73 Å². The van der Waals surface area contributed by atoms with Crippen LogP contribution in [0.4, 0.5) is 0 Å². The minimum atomic E-state index is 0.151. The number of likely N-dealkylation sites (tertiary alicyclic amines) is 1. The molecule has 0 bridgehead atoms. The maximum absolute atomic E-state index is 6.39. The van der Waals surface area contributed by atoms with Gasteiger partial charge in [0.05, 0.1) is 0 Å². The molecule has 0 spiro atoms. The summed E-state index contributed by atoms with van der Waals surface area (Å²) in [5, 5.41) is 0. The first-order chi connectivity index (χ1) is 8.56. The number of hydrogen-bond donors (Lipinski definition) is 1. The molecule has 0 amide bonds. The summed E-state index contributed by atoms with van der Waals surface area (Å²) in [6.45, 7) is 10.1. The summed E-state index contributed by atoms with van der Waals surface area (Å²) in [7, 11) is 0. The van der Waals surface area contributed by atoms with Crippen molar-refractivity contribution >= 4 is 0 Å². The van der Waals surface area contributed by atoms with Crippen molar-refractivity contribution in [2.24, 2.45) is 11.7 Å². The van der Waals surface area contributed by atoms with Gasteiger partial charge in [0.1, 0.15) is 0 Å². The van der Waals surface area contributed by atoms with Gasteiger partial charge in [0.2, 0.25) is 0 Å². The lowest BCUT2D eigenvalue weighted by molar-refractivity contribution is 0.183. The summed E-state index contributed by atoms with van der Waals surface area (Å²) >= 11 is 0. The molecule has 2 heteroatoms. The summed E-state index contributed by atoms with van der Waals surface area (Å²) < 4.78 is 0. The molecule has 0 saturated carbocycles. The monoisotopic (exact) mass is 246 g/mol. The maximum atomic E-state index is 6.39. The molecule has 0 aromatic heterocycles. The number of rotatable bonds is 3. The Bertz CT molecular complexity index is 392. The van der Waals surface area contributed by atoms with Crippen LogP contribution >= 0.6 is 0 Å². The zero-order valence-electron chi connectivity index (χ0n) is 11.9. The zero-order chi connectivity index (χ0) is 13.1. The first-order valence-electron chi connectivity index (χ1n) is 7.11. The van der Waals surface area contributed by atoms with Crippen LogP contribution in [0.3, 0.4) is 0 Å². The fourth-order valence-electron chi connectivity index (χ4n) is 2.78. The molecular formula is C16H26N2. The van der Waals surface area contributed by atoms with Gasteiger partial charge in [-0.1, -0.05) is 30.7 Å². The second-order valence-corrected chi connectivity index (χ2v) is 5.95. The molecule has 1 fully saturated rings. The molecule has 1 aromatic rings. The van der Waals surface area contributed by atoms with Crippen LogP contribution in [-0.2, 0) is 0 Å². The smallest absolute Gasteiger partial charge is 0.0427 e. The van der Waals surface area contributed by atoms with E-state index >= 15 is 0 Å². The molecule has 1 aromatic carbocycles. The standard InChI is InChI=1S/C16H26N2/c1-12-6-8-18(9-7-12)11-16(17)15-10-13(2)4-5-14(15)3/h4-5,10,12,16H,6-9,11,17H2,1-3H3. The van der Waals surface area contributed by atoms with Crippen molar-refractivity contribution in [3.05, 3.63) is 34.9 Å². The molecule has 1 atom stereocenters. The number of piperidine rings is 1. The van der Waals surface area contributed by atoms with Crippen molar-refractivity contribution in [1.29, 1.82) is 0 Å². The van der Waals surface area contributed by atoms with Crippen LogP contribution in [0.15, 0.2) is 18.2 Å². The van der Waals surface area contributed by atoms with E-state index in [2.05, 4.69) is 43.9 Å². The van der Waals surface area contributed by atoms with Crippen LogP contribution in [-0.4, -0.2) is 24.5 Å². The number of nitrogens with two attached hydrogens (primary N) is 1. The van der Waals surface area contributed by atoms with E-state index < -0.39 is 0 Å². The molecule has 0 aliphatic carbocycles. The predicted octanol–water partition coefficient (Wildman–Crippen LogP) is 3.04. The average Bonchev–Trinajstić information content (AvgIpc) is 2.35. The highest BCUT2D eigenvalue weighted by Crippen LogP contribution is 2.21. The Morgan fingerprint density at radius 2 is 1.94 bits per heavy atom. The molecule has 1 aliphatic heterocycles. The van der Waals surface area contributed by atoms with Crippen molar-refractivity contribution in [2.45, 2.75) is 39.7 Å². The Morgan fingerprint density at radius 1 is 1.28 bits per heavy atom. The Kier molecular flexibility index (Phi) is 4.41. The molecule has 1 saturated heterocycles. The van der Waals surface area contributed by atoms with Gasteiger partial charge in [-0.15, -0.1) is 0 Å². The third-order valence-corrected chi connectivity index (χ3v) is 4.17. The predicted molar refractivity (Wildman–Crippen MR) is 77.7 cm³/mol. The third kappa shape index (κ3) is 3.33. The molecule has 100 valence electrons. The molecule has 1 heterocycles. The summed E-state index contributed by atoms with van der Waals surface area (Å²) in [5.74, 6) is 0.887. The Balaban J connectivity index is 1.98. The normalized spacial score (nSPS) is 20.0. The summed E-state index contributed by atoms with van der Waals surface area (Å²) in [6.07, 6.45) is 2.64. The van der Waals surface area contributed by atoms with E-state index in [9.17, 15) is 0 Å². The van der Waals surface area contributed by atoms with Crippen LogP contribution in [0, 0.1) is 19.8 Å². The fraction of sp³-hybridized carbons (Fsp3) is 0.625. The van der Waals surface area contributed by atoms with Gasteiger partial charge in [0, 0.05) is 12.6 Å². The number of benzene rings is 1. The molecule has 2 rings (SSSR count). The topological polar surface area (TPSA) is 29.3 Å². The first kappa shape index (κ1) is 13.6. The second kappa shape index (κ2) is 5.85. The number of hydrogen-bond acceptors (Lipinski definition) is 2.